The average Bonchev–Trinajstić information content (AvgIpc) is 2.98. The van der Waals surface area contributed by atoms with Crippen molar-refractivity contribution >= 4 is 23.8 Å². The van der Waals surface area contributed by atoms with Crippen LogP contribution in [0.4, 0.5) is 4.79 Å². The number of likely N-dealkylation sites (tertiary alicyclic amines) is 1. The molecule has 2 saturated heterocycles. The number of hydrogen-bond donors (Lipinski definition) is 3. The summed E-state index contributed by atoms with van der Waals surface area (Å²) in [5.74, 6) is -0.188. The standard InChI is InChI=1S/C31H41N5O4/c1-2-19-36-28(38)26(15-9-10-18-32-27(37)22-24-11-5-3-6-12-24)34-29(39)31(36)16-20-35(21-17-31)30(40)33-23-25-13-7-4-8-14-25/h3-8,11-14,26H,2,9-10,15-23H2,1H3,(H,32,37)(H,33,40)(H,34,39)/t26-/m0/s1. The number of benzene rings is 2. The second-order valence-corrected chi connectivity index (χ2v) is 10.7. The van der Waals surface area contributed by atoms with Gasteiger partial charge in [-0.2, -0.15) is 0 Å². The van der Waals surface area contributed by atoms with Gasteiger partial charge in [0.05, 0.1) is 6.42 Å². The molecule has 2 fully saturated rings. The summed E-state index contributed by atoms with van der Waals surface area (Å²) in [6.07, 6.45) is 3.91. The first-order valence-corrected chi connectivity index (χ1v) is 14.4. The summed E-state index contributed by atoms with van der Waals surface area (Å²) in [4.78, 5) is 55.4. The summed E-state index contributed by atoms with van der Waals surface area (Å²) in [7, 11) is 0. The van der Waals surface area contributed by atoms with Crippen molar-refractivity contribution in [3.63, 3.8) is 0 Å². The molecule has 2 aromatic rings. The highest BCUT2D eigenvalue weighted by molar-refractivity contribution is 6.00. The lowest BCUT2D eigenvalue weighted by molar-refractivity contribution is -0.161. The van der Waals surface area contributed by atoms with Crippen molar-refractivity contribution < 1.29 is 19.2 Å². The Morgan fingerprint density at radius 3 is 2.23 bits per heavy atom. The van der Waals surface area contributed by atoms with E-state index in [0.29, 0.717) is 64.8 Å². The van der Waals surface area contributed by atoms with E-state index in [9.17, 15) is 19.2 Å². The van der Waals surface area contributed by atoms with Crippen molar-refractivity contribution in [2.24, 2.45) is 0 Å². The van der Waals surface area contributed by atoms with E-state index < -0.39 is 11.6 Å². The molecule has 0 unspecified atom stereocenters. The Labute approximate surface area is 236 Å². The SMILES string of the molecule is CCCN1C(=O)[C@H](CCCCNC(=O)Cc2ccccc2)NC(=O)C12CCN(C(=O)NCc1ccccc1)CC2. The van der Waals surface area contributed by atoms with Gasteiger partial charge < -0.3 is 25.8 Å². The van der Waals surface area contributed by atoms with Crippen LogP contribution in [0.1, 0.15) is 56.6 Å². The number of rotatable bonds is 11. The van der Waals surface area contributed by atoms with Gasteiger partial charge in [0, 0.05) is 32.7 Å². The highest BCUT2D eigenvalue weighted by Crippen LogP contribution is 2.34. The maximum atomic E-state index is 13.5. The third-order valence-corrected chi connectivity index (χ3v) is 7.87. The van der Waals surface area contributed by atoms with E-state index in [4.69, 9.17) is 0 Å². The molecular weight excluding hydrogens is 506 g/mol. The molecule has 9 heteroatoms. The molecule has 2 aromatic carbocycles. The van der Waals surface area contributed by atoms with Crippen LogP contribution in [0.3, 0.4) is 0 Å². The largest absolute Gasteiger partial charge is 0.356 e. The van der Waals surface area contributed by atoms with Gasteiger partial charge >= 0.3 is 6.03 Å². The lowest BCUT2D eigenvalue weighted by Crippen LogP contribution is -2.73. The Balaban J connectivity index is 1.24. The summed E-state index contributed by atoms with van der Waals surface area (Å²) in [5, 5.41) is 8.89. The van der Waals surface area contributed by atoms with Gasteiger partial charge in [0.1, 0.15) is 11.6 Å². The Morgan fingerprint density at radius 1 is 0.925 bits per heavy atom. The summed E-state index contributed by atoms with van der Waals surface area (Å²) >= 11 is 0. The van der Waals surface area contributed by atoms with Crippen LogP contribution >= 0.6 is 0 Å². The lowest BCUT2D eigenvalue weighted by atomic mass is 9.81. The normalized spacial score (nSPS) is 18.4. The summed E-state index contributed by atoms with van der Waals surface area (Å²) < 4.78 is 0. The van der Waals surface area contributed by atoms with E-state index in [0.717, 1.165) is 24.0 Å². The number of carbonyl (C=O) groups excluding carboxylic acids is 4. The number of unbranched alkanes of at least 4 members (excludes halogenated alkanes) is 1. The van der Waals surface area contributed by atoms with Crippen molar-refractivity contribution in [2.75, 3.05) is 26.2 Å². The minimum atomic E-state index is -0.911. The van der Waals surface area contributed by atoms with Crippen LogP contribution in [-0.2, 0) is 27.3 Å². The first kappa shape index (κ1) is 29.1. The van der Waals surface area contributed by atoms with E-state index in [1.807, 2.05) is 67.6 Å². The third kappa shape index (κ3) is 7.20. The molecule has 0 radical (unpaired) electrons. The monoisotopic (exact) mass is 547 g/mol. The number of nitrogens with zero attached hydrogens (tertiary/aromatic N) is 2. The van der Waals surface area contributed by atoms with Crippen LogP contribution in [-0.4, -0.2) is 71.3 Å². The number of piperidine rings is 1. The first-order chi connectivity index (χ1) is 19.4. The maximum absolute atomic E-state index is 13.5. The van der Waals surface area contributed by atoms with Gasteiger partial charge in [0.25, 0.3) is 0 Å². The maximum Gasteiger partial charge on any atom is 0.317 e. The van der Waals surface area contributed by atoms with Gasteiger partial charge in [-0.3, -0.25) is 14.4 Å². The van der Waals surface area contributed by atoms with Crippen molar-refractivity contribution in [3.05, 3.63) is 71.8 Å². The predicted octanol–water partition coefficient (Wildman–Crippen LogP) is 3.00. The molecule has 5 amide bonds. The third-order valence-electron chi connectivity index (χ3n) is 7.87. The van der Waals surface area contributed by atoms with Gasteiger partial charge in [0.15, 0.2) is 0 Å². The lowest BCUT2D eigenvalue weighted by Gasteiger charge is -2.51. The molecule has 0 aliphatic carbocycles. The minimum absolute atomic E-state index is 0.0237. The number of urea groups is 1. The number of carbonyl (C=O) groups is 4. The quantitative estimate of drug-likeness (QED) is 0.376. The molecule has 40 heavy (non-hydrogen) atoms. The molecule has 1 atom stereocenters. The van der Waals surface area contributed by atoms with Gasteiger partial charge in [-0.05, 0) is 49.7 Å². The fraction of sp³-hybridized carbons (Fsp3) is 0.484. The zero-order valence-electron chi connectivity index (χ0n) is 23.4. The predicted molar refractivity (Wildman–Crippen MR) is 153 cm³/mol. The summed E-state index contributed by atoms with van der Waals surface area (Å²) in [6, 6.07) is 18.6. The van der Waals surface area contributed by atoms with Gasteiger partial charge in [-0.15, -0.1) is 0 Å². The summed E-state index contributed by atoms with van der Waals surface area (Å²) in [5.41, 5.74) is 1.08. The molecule has 0 aromatic heterocycles. The molecule has 0 saturated carbocycles. The van der Waals surface area contributed by atoms with Crippen molar-refractivity contribution in [1.29, 1.82) is 0 Å². The van der Waals surface area contributed by atoms with E-state index in [2.05, 4.69) is 16.0 Å². The zero-order chi connectivity index (χ0) is 28.4. The smallest absolute Gasteiger partial charge is 0.317 e. The Hall–Kier alpha value is -3.88. The number of amides is 5. The van der Waals surface area contributed by atoms with Crippen LogP contribution in [0.25, 0.3) is 0 Å². The van der Waals surface area contributed by atoms with Gasteiger partial charge in [-0.1, -0.05) is 67.6 Å². The second kappa shape index (κ2) is 14.0. The van der Waals surface area contributed by atoms with Crippen LogP contribution in [0.2, 0.25) is 0 Å². The molecule has 4 rings (SSSR count). The molecule has 3 N–H and O–H groups in total. The van der Waals surface area contributed by atoms with Gasteiger partial charge in [-0.25, -0.2) is 4.79 Å². The molecule has 214 valence electrons. The van der Waals surface area contributed by atoms with E-state index >= 15 is 0 Å². The Bertz CT molecular complexity index is 1150. The molecular formula is C31H41N5O4. The summed E-state index contributed by atoms with van der Waals surface area (Å²) in [6.45, 7) is 4.32. The van der Waals surface area contributed by atoms with Crippen molar-refractivity contribution in [3.8, 4) is 0 Å². The number of piperazine rings is 1. The van der Waals surface area contributed by atoms with Crippen molar-refractivity contribution in [1.82, 2.24) is 25.8 Å². The molecule has 2 heterocycles. The van der Waals surface area contributed by atoms with Crippen LogP contribution in [0, 0.1) is 0 Å². The first-order valence-electron chi connectivity index (χ1n) is 14.4. The fourth-order valence-electron chi connectivity index (χ4n) is 5.63. The zero-order valence-corrected chi connectivity index (χ0v) is 23.4. The Morgan fingerprint density at radius 2 is 1.57 bits per heavy atom. The molecule has 0 bridgehead atoms. The minimum Gasteiger partial charge on any atom is -0.356 e. The van der Waals surface area contributed by atoms with Gasteiger partial charge in [0.2, 0.25) is 17.7 Å². The van der Waals surface area contributed by atoms with Crippen molar-refractivity contribution in [2.45, 2.75) is 70.0 Å². The van der Waals surface area contributed by atoms with Crippen LogP contribution < -0.4 is 16.0 Å². The molecule has 2 aliphatic rings. The molecule has 9 nitrogen and oxygen atoms in total. The van der Waals surface area contributed by atoms with Crippen LogP contribution in [0.5, 0.6) is 0 Å². The highest BCUT2D eigenvalue weighted by atomic mass is 16.2. The second-order valence-electron chi connectivity index (χ2n) is 10.7. The molecule has 1 spiro atoms. The van der Waals surface area contributed by atoms with E-state index in [-0.39, 0.29) is 23.8 Å². The average molecular weight is 548 g/mol. The fourth-order valence-corrected chi connectivity index (χ4v) is 5.63. The highest BCUT2D eigenvalue weighted by Gasteiger charge is 2.53. The van der Waals surface area contributed by atoms with E-state index in [1.165, 1.54) is 0 Å². The number of hydrogen-bond acceptors (Lipinski definition) is 4. The topological polar surface area (TPSA) is 111 Å². The van der Waals surface area contributed by atoms with E-state index in [1.54, 1.807) is 9.80 Å². The number of nitrogens with one attached hydrogen (secondary N) is 3. The molecule has 2 aliphatic heterocycles. The van der Waals surface area contributed by atoms with Crippen LogP contribution in [0.15, 0.2) is 60.7 Å². The Kier molecular flexibility index (Phi) is 10.2.